The summed E-state index contributed by atoms with van der Waals surface area (Å²) in [6.45, 7) is 7.65. The number of hydrogen-bond acceptors (Lipinski definition) is 10. The number of phenols is 1. The van der Waals surface area contributed by atoms with Crippen LogP contribution in [0.2, 0.25) is 0 Å². The Morgan fingerprint density at radius 1 is 1.10 bits per heavy atom. The number of ether oxygens (including phenoxy) is 2. The molecule has 0 bridgehead atoms. The molecule has 3 heterocycles. The fraction of sp³-hybridized carbons (Fsp3) is 0.575. The Bertz CT molecular complexity index is 2150. The van der Waals surface area contributed by atoms with Gasteiger partial charge in [0, 0.05) is 23.3 Å². The van der Waals surface area contributed by atoms with E-state index >= 15 is 0 Å². The predicted molar refractivity (Wildman–Crippen MR) is 206 cm³/mol. The number of aromatic hydroxyl groups is 1. The zero-order valence-electron chi connectivity index (χ0n) is 33.1. The molecule has 58 heavy (non-hydrogen) atoms. The summed E-state index contributed by atoms with van der Waals surface area (Å²) in [5.41, 5.74) is -4.08. The number of pyridine rings is 1. The first-order valence-electron chi connectivity index (χ1n) is 19.5. The molecule has 18 heteroatoms. The molecule has 316 valence electrons. The molecule has 14 nitrogen and oxygen atoms in total. The molecule has 5 atom stereocenters. The van der Waals surface area contributed by atoms with Gasteiger partial charge in [-0.25, -0.2) is 18.2 Å². The fourth-order valence-corrected chi connectivity index (χ4v) is 8.83. The van der Waals surface area contributed by atoms with Crippen molar-refractivity contribution in [2.24, 2.45) is 5.92 Å². The summed E-state index contributed by atoms with van der Waals surface area (Å²) in [5.74, 6) is -4.24. The number of carbonyl (C=O) groups excluding carboxylic acids is 4. The quantitative estimate of drug-likeness (QED) is 0.266. The highest BCUT2D eigenvalue weighted by Gasteiger charge is 2.56. The number of fused-ring (bicyclic) bond motifs is 3. The molecule has 2 aliphatic heterocycles. The van der Waals surface area contributed by atoms with Gasteiger partial charge in [-0.1, -0.05) is 44.1 Å². The number of carbonyl (C=O) groups is 4. The van der Waals surface area contributed by atoms with Crippen LogP contribution in [0.3, 0.4) is 0 Å². The minimum atomic E-state index is -4.99. The molecule has 2 fully saturated rings. The number of nitrogens with zero attached hydrogens (tertiary/aromatic N) is 2. The lowest BCUT2D eigenvalue weighted by Crippen LogP contribution is -2.67. The lowest BCUT2D eigenvalue weighted by atomic mass is 9.73. The first kappa shape index (κ1) is 42.7. The summed E-state index contributed by atoms with van der Waals surface area (Å²) in [5, 5.41) is 15.8. The van der Waals surface area contributed by atoms with Gasteiger partial charge in [-0.05, 0) is 84.4 Å². The number of halogens is 3. The minimum absolute atomic E-state index is 0.0301. The van der Waals surface area contributed by atoms with Crippen LogP contribution in [0.15, 0.2) is 42.5 Å². The molecule has 5 unspecified atom stereocenters. The number of benzene rings is 1. The summed E-state index contributed by atoms with van der Waals surface area (Å²) >= 11 is 0. The van der Waals surface area contributed by atoms with Crippen LogP contribution in [0, 0.1) is 5.92 Å². The number of hydrogen-bond donors (Lipinski definition) is 4. The molecule has 4 N–H and O–H groups in total. The SMILES string of the molecule is CCc1c(OC2CC3C(=O)NC4(C(=O)NS(=O)(=O)C5(C)CC5)C=CC4C=CCCCCCC(NC(=O)OC(C)(C)C)C(=O)N3C2)c(C(F)(F)F)nc2ccc(O)cc12. The van der Waals surface area contributed by atoms with Gasteiger partial charge >= 0.3 is 12.3 Å². The van der Waals surface area contributed by atoms with Gasteiger partial charge in [-0.2, -0.15) is 13.2 Å². The van der Waals surface area contributed by atoms with Crippen LogP contribution in [0.25, 0.3) is 10.9 Å². The van der Waals surface area contributed by atoms with Gasteiger partial charge in [-0.3, -0.25) is 19.1 Å². The lowest BCUT2D eigenvalue weighted by molar-refractivity contribution is -0.143. The first-order valence-corrected chi connectivity index (χ1v) is 21.0. The Morgan fingerprint density at radius 3 is 2.45 bits per heavy atom. The first-order chi connectivity index (χ1) is 27.1. The maximum absolute atomic E-state index is 14.7. The summed E-state index contributed by atoms with van der Waals surface area (Å²) in [7, 11) is -4.15. The number of alkyl halides is 3. The number of amides is 4. The van der Waals surface area contributed by atoms with Gasteiger partial charge < -0.3 is 30.1 Å². The third-order valence-corrected chi connectivity index (χ3v) is 13.3. The van der Waals surface area contributed by atoms with Crippen molar-refractivity contribution in [2.75, 3.05) is 6.54 Å². The van der Waals surface area contributed by atoms with E-state index in [1.807, 2.05) is 6.08 Å². The Balaban J connectivity index is 1.40. The Kier molecular flexibility index (Phi) is 11.6. The Labute approximate surface area is 335 Å². The number of aromatic nitrogens is 1. The second kappa shape index (κ2) is 15.7. The van der Waals surface area contributed by atoms with Crippen LogP contribution in [-0.4, -0.2) is 87.8 Å². The zero-order valence-corrected chi connectivity index (χ0v) is 33.9. The van der Waals surface area contributed by atoms with Crippen molar-refractivity contribution in [1.82, 2.24) is 25.2 Å². The van der Waals surface area contributed by atoms with Crippen molar-refractivity contribution in [2.45, 2.75) is 133 Å². The molecule has 2 aliphatic carbocycles. The van der Waals surface area contributed by atoms with Crippen molar-refractivity contribution >= 4 is 44.7 Å². The van der Waals surface area contributed by atoms with Gasteiger partial charge in [0.25, 0.3) is 5.91 Å². The van der Waals surface area contributed by atoms with Gasteiger partial charge in [-0.15, -0.1) is 0 Å². The van der Waals surface area contributed by atoms with Crippen LogP contribution in [-0.2, 0) is 41.7 Å². The van der Waals surface area contributed by atoms with E-state index in [1.54, 1.807) is 39.8 Å². The largest absolute Gasteiger partial charge is 0.508 e. The van der Waals surface area contributed by atoms with E-state index in [-0.39, 0.29) is 41.5 Å². The van der Waals surface area contributed by atoms with E-state index < -0.39 is 98.0 Å². The van der Waals surface area contributed by atoms with Crippen molar-refractivity contribution in [1.29, 1.82) is 0 Å². The number of phenolic OH excluding ortho intramolecular Hbond substituents is 1. The standard InChI is InChI=1S/C40H50F3N5O9S/c1-6-26-27-20-24(49)14-15-28(27)44-32(40(41,42)43)31(26)56-25-21-30-33(50)46-39(35(52)47-58(54,55)38(5)18-19-38)17-16-23(39)12-10-8-7-9-11-13-29(34(51)48(30)22-25)45-36(53)57-37(2,3)4/h10,12,14-17,20,23,25,29-30,49H,6-9,11,13,18-19,21-22H2,1-5H3,(H,45,53)(H,46,50)(H,47,52). The number of rotatable bonds is 7. The maximum Gasteiger partial charge on any atom is 0.437 e. The maximum atomic E-state index is 14.7. The normalized spacial score (nSPS) is 26.3. The van der Waals surface area contributed by atoms with Gasteiger partial charge in [0.2, 0.25) is 21.8 Å². The molecule has 0 spiro atoms. The molecule has 4 amide bonds. The number of nitrogens with one attached hydrogen (secondary N) is 3. The number of allylic oxidation sites excluding steroid dienone is 1. The third-order valence-electron chi connectivity index (χ3n) is 11.1. The van der Waals surface area contributed by atoms with Crippen molar-refractivity contribution in [3.05, 3.63) is 53.8 Å². The van der Waals surface area contributed by atoms with Crippen LogP contribution in [0.4, 0.5) is 18.0 Å². The summed E-state index contributed by atoms with van der Waals surface area (Å²) < 4.78 is 83.0. The van der Waals surface area contributed by atoms with E-state index in [0.29, 0.717) is 38.5 Å². The Morgan fingerprint density at radius 2 is 1.83 bits per heavy atom. The molecule has 0 radical (unpaired) electrons. The second-order valence-corrected chi connectivity index (χ2v) is 18.9. The highest BCUT2D eigenvalue weighted by Crippen LogP contribution is 2.44. The van der Waals surface area contributed by atoms with Gasteiger partial charge in [0.05, 0.1) is 16.8 Å². The van der Waals surface area contributed by atoms with Crippen LogP contribution >= 0.6 is 0 Å². The van der Waals surface area contributed by atoms with Crippen LogP contribution in [0.1, 0.15) is 97.2 Å². The molecular formula is C40H50F3N5O9S. The Hall–Kier alpha value is -4.87. The lowest BCUT2D eigenvalue weighted by Gasteiger charge is -2.42. The molecule has 1 saturated carbocycles. The predicted octanol–water partition coefficient (Wildman–Crippen LogP) is 5.32. The van der Waals surface area contributed by atoms with Crippen LogP contribution in [0.5, 0.6) is 11.5 Å². The summed E-state index contributed by atoms with van der Waals surface area (Å²) in [6, 6.07) is 1.08. The monoisotopic (exact) mass is 833 g/mol. The third kappa shape index (κ3) is 8.76. The zero-order chi connectivity index (χ0) is 42.4. The van der Waals surface area contributed by atoms with Gasteiger partial charge in [0.1, 0.15) is 35.1 Å². The van der Waals surface area contributed by atoms with Gasteiger partial charge in [0.15, 0.2) is 11.4 Å². The van der Waals surface area contributed by atoms with E-state index in [9.17, 15) is 45.9 Å². The number of sulfonamides is 1. The minimum Gasteiger partial charge on any atom is -0.508 e. The topological polar surface area (TPSA) is 193 Å². The molecule has 6 rings (SSSR count). The van der Waals surface area contributed by atoms with E-state index in [4.69, 9.17) is 9.47 Å². The molecule has 1 saturated heterocycles. The van der Waals surface area contributed by atoms with Crippen molar-refractivity contribution in [3.8, 4) is 11.5 Å². The molecule has 4 aliphatic rings. The summed E-state index contributed by atoms with van der Waals surface area (Å²) in [4.78, 5) is 61.1. The second-order valence-electron chi connectivity index (χ2n) is 16.7. The smallest absolute Gasteiger partial charge is 0.437 e. The molecule has 1 aromatic heterocycles. The van der Waals surface area contributed by atoms with E-state index in [2.05, 4.69) is 20.3 Å². The van der Waals surface area contributed by atoms with Crippen molar-refractivity contribution < 1.29 is 55.3 Å². The van der Waals surface area contributed by atoms with E-state index in [1.165, 1.54) is 31.2 Å². The van der Waals surface area contributed by atoms with Crippen LogP contribution < -0.4 is 20.1 Å². The molecular weight excluding hydrogens is 784 g/mol. The van der Waals surface area contributed by atoms with Crippen molar-refractivity contribution in [3.63, 3.8) is 0 Å². The molecule has 2 aromatic rings. The van der Waals surface area contributed by atoms with E-state index in [0.717, 1.165) is 4.90 Å². The number of aryl methyl sites for hydroxylation is 1. The summed E-state index contributed by atoms with van der Waals surface area (Å²) in [6.07, 6.45) is 2.27. The molecule has 1 aromatic carbocycles. The fourth-order valence-electron chi connectivity index (χ4n) is 7.54. The average molecular weight is 834 g/mol. The highest BCUT2D eigenvalue weighted by molar-refractivity contribution is 7.91. The average Bonchev–Trinajstić information content (AvgIpc) is 3.74. The highest BCUT2D eigenvalue weighted by atomic mass is 32.2. The number of alkyl carbamates (subject to hydrolysis) is 1.